The van der Waals surface area contributed by atoms with Crippen LogP contribution in [-0.2, 0) is 0 Å². The van der Waals surface area contributed by atoms with E-state index in [-0.39, 0.29) is 17.4 Å². The summed E-state index contributed by atoms with van der Waals surface area (Å²) in [5.41, 5.74) is 1.64. The Kier molecular flexibility index (Phi) is 5.87. The first-order chi connectivity index (χ1) is 8.74. The van der Waals surface area contributed by atoms with Crippen LogP contribution in [0.5, 0.6) is 0 Å². The van der Waals surface area contributed by atoms with E-state index in [4.69, 9.17) is 11.6 Å². The molecule has 1 unspecified atom stereocenters. The highest BCUT2D eigenvalue weighted by Gasteiger charge is 2.26. The summed E-state index contributed by atoms with van der Waals surface area (Å²) < 4.78 is 0. The monoisotopic (exact) mass is 345 g/mol. The average molecular weight is 347 g/mol. The smallest absolute Gasteiger partial charge is 0.251 e. The highest BCUT2D eigenvalue weighted by atomic mass is 79.9. The number of rotatable bonds is 4. The van der Waals surface area contributed by atoms with Gasteiger partial charge in [0.05, 0.1) is 0 Å². The lowest BCUT2D eigenvalue weighted by molar-refractivity contribution is 0.0900. The molecular weight excluding hydrogens is 326 g/mol. The molecule has 0 saturated heterocycles. The van der Waals surface area contributed by atoms with Gasteiger partial charge in [-0.15, -0.1) is 0 Å². The second kappa shape index (κ2) is 6.76. The average Bonchev–Trinajstić information content (AvgIpc) is 2.25. The number of hydrogen-bond donors (Lipinski definition) is 1. The van der Waals surface area contributed by atoms with E-state index in [2.05, 4.69) is 42.0 Å². The fraction of sp³-hybridized carbons (Fsp3) is 0.533. The Labute approximate surface area is 129 Å². The van der Waals surface area contributed by atoms with Gasteiger partial charge in [-0.05, 0) is 42.5 Å². The molecule has 106 valence electrons. The van der Waals surface area contributed by atoms with Crippen molar-refractivity contribution in [1.82, 2.24) is 5.32 Å². The number of amides is 1. The Hall–Kier alpha value is -0.540. The maximum absolute atomic E-state index is 12.3. The zero-order chi connectivity index (χ0) is 14.6. The molecule has 0 aromatic heterocycles. The molecule has 0 heterocycles. The summed E-state index contributed by atoms with van der Waals surface area (Å²) in [6.07, 6.45) is 0.898. The molecule has 1 aromatic rings. The Morgan fingerprint density at radius 3 is 2.47 bits per heavy atom. The van der Waals surface area contributed by atoms with Crippen LogP contribution in [0.25, 0.3) is 0 Å². The number of aryl methyl sites for hydroxylation is 1. The molecule has 0 fully saturated rings. The van der Waals surface area contributed by atoms with Crippen LogP contribution in [0.4, 0.5) is 0 Å². The van der Waals surface area contributed by atoms with Gasteiger partial charge in [0.2, 0.25) is 0 Å². The second-order valence-corrected chi connectivity index (χ2v) is 7.12. The van der Waals surface area contributed by atoms with Gasteiger partial charge in [-0.3, -0.25) is 4.79 Å². The Balaban J connectivity index is 2.87. The van der Waals surface area contributed by atoms with Gasteiger partial charge in [0.15, 0.2) is 0 Å². The van der Waals surface area contributed by atoms with Crippen molar-refractivity contribution >= 4 is 33.4 Å². The first kappa shape index (κ1) is 16.5. The van der Waals surface area contributed by atoms with E-state index in [1.165, 1.54) is 0 Å². The van der Waals surface area contributed by atoms with Crippen LogP contribution in [-0.4, -0.2) is 17.3 Å². The van der Waals surface area contributed by atoms with Gasteiger partial charge < -0.3 is 5.32 Å². The largest absolute Gasteiger partial charge is 0.349 e. The van der Waals surface area contributed by atoms with Crippen LogP contribution in [0.1, 0.15) is 43.1 Å². The molecule has 0 aliphatic carbocycles. The third kappa shape index (κ3) is 5.15. The molecule has 1 atom stereocenters. The van der Waals surface area contributed by atoms with Crippen molar-refractivity contribution in [1.29, 1.82) is 0 Å². The number of carbonyl (C=O) groups excluding carboxylic acids is 1. The summed E-state index contributed by atoms with van der Waals surface area (Å²) in [5.74, 6) is -0.0634. The molecule has 19 heavy (non-hydrogen) atoms. The third-order valence-corrected chi connectivity index (χ3v) is 3.73. The van der Waals surface area contributed by atoms with E-state index in [9.17, 15) is 4.79 Å². The summed E-state index contributed by atoms with van der Waals surface area (Å²) in [7, 11) is 0. The van der Waals surface area contributed by atoms with Gasteiger partial charge in [0.25, 0.3) is 5.91 Å². The predicted octanol–water partition coefficient (Wildman–Crippen LogP) is 4.58. The normalized spacial score (nSPS) is 13.2. The van der Waals surface area contributed by atoms with Crippen LogP contribution in [0.3, 0.4) is 0 Å². The van der Waals surface area contributed by atoms with E-state index in [0.717, 1.165) is 17.3 Å². The van der Waals surface area contributed by atoms with Gasteiger partial charge >= 0.3 is 0 Å². The Morgan fingerprint density at radius 2 is 2.00 bits per heavy atom. The summed E-state index contributed by atoms with van der Waals surface area (Å²) in [6, 6.07) is 5.53. The van der Waals surface area contributed by atoms with E-state index in [0.29, 0.717) is 10.6 Å². The molecular formula is C15H21BrClNO. The molecule has 1 aromatic carbocycles. The van der Waals surface area contributed by atoms with Gasteiger partial charge in [-0.2, -0.15) is 0 Å². The Bertz CT molecular complexity index is 434. The Morgan fingerprint density at radius 1 is 1.37 bits per heavy atom. The summed E-state index contributed by atoms with van der Waals surface area (Å²) in [5, 5.41) is 4.56. The summed E-state index contributed by atoms with van der Waals surface area (Å²) in [4.78, 5) is 12.3. The fourth-order valence-corrected chi connectivity index (χ4v) is 2.69. The van der Waals surface area contributed by atoms with Gasteiger partial charge in [0.1, 0.15) is 0 Å². The van der Waals surface area contributed by atoms with Gasteiger partial charge in [0, 0.05) is 22.0 Å². The van der Waals surface area contributed by atoms with Gasteiger partial charge in [-0.1, -0.05) is 48.3 Å². The first-order valence-corrected chi connectivity index (χ1v) is 7.88. The molecule has 0 radical (unpaired) electrons. The number of alkyl halides is 1. The zero-order valence-corrected chi connectivity index (χ0v) is 14.2. The molecule has 4 heteroatoms. The molecule has 1 amide bonds. The molecule has 0 bridgehead atoms. The van der Waals surface area contributed by atoms with Crippen molar-refractivity contribution in [3.05, 3.63) is 34.3 Å². The fourth-order valence-electron chi connectivity index (χ4n) is 1.94. The van der Waals surface area contributed by atoms with Crippen molar-refractivity contribution < 1.29 is 4.79 Å². The number of halogens is 2. The lowest BCUT2D eigenvalue weighted by Gasteiger charge is -2.31. The lowest BCUT2D eigenvalue weighted by atomic mass is 9.85. The quantitative estimate of drug-likeness (QED) is 0.794. The first-order valence-electron chi connectivity index (χ1n) is 6.38. The topological polar surface area (TPSA) is 29.1 Å². The van der Waals surface area contributed by atoms with E-state index >= 15 is 0 Å². The van der Waals surface area contributed by atoms with Crippen molar-refractivity contribution in [3.8, 4) is 0 Å². The maximum atomic E-state index is 12.3. The van der Waals surface area contributed by atoms with E-state index < -0.39 is 0 Å². The predicted molar refractivity (Wildman–Crippen MR) is 85.3 cm³/mol. The SMILES string of the molecule is Cc1cc(Cl)cc(C(=O)NC(CCBr)C(C)(C)C)c1. The maximum Gasteiger partial charge on any atom is 0.251 e. The highest BCUT2D eigenvalue weighted by molar-refractivity contribution is 9.09. The minimum Gasteiger partial charge on any atom is -0.349 e. The molecule has 0 aliphatic heterocycles. The van der Waals surface area contributed by atoms with Crippen LogP contribution in [0.2, 0.25) is 5.02 Å². The van der Waals surface area contributed by atoms with Crippen molar-refractivity contribution in [2.75, 3.05) is 5.33 Å². The number of nitrogens with one attached hydrogen (secondary N) is 1. The van der Waals surface area contributed by atoms with Crippen LogP contribution >= 0.6 is 27.5 Å². The third-order valence-electron chi connectivity index (χ3n) is 3.05. The van der Waals surface area contributed by atoms with E-state index in [1.54, 1.807) is 6.07 Å². The molecule has 1 N–H and O–H groups in total. The molecule has 1 rings (SSSR count). The number of hydrogen-bond acceptors (Lipinski definition) is 1. The zero-order valence-electron chi connectivity index (χ0n) is 11.9. The minimum atomic E-state index is -0.0634. The highest BCUT2D eigenvalue weighted by Crippen LogP contribution is 2.23. The lowest BCUT2D eigenvalue weighted by Crippen LogP contribution is -2.44. The molecule has 0 aliphatic rings. The molecule has 0 spiro atoms. The summed E-state index contributed by atoms with van der Waals surface area (Å²) >= 11 is 9.43. The minimum absolute atomic E-state index is 0.0249. The molecule has 0 saturated carbocycles. The van der Waals surface area contributed by atoms with Gasteiger partial charge in [-0.25, -0.2) is 0 Å². The molecule has 2 nitrogen and oxygen atoms in total. The van der Waals surface area contributed by atoms with E-state index in [1.807, 2.05) is 19.1 Å². The standard InChI is InChI=1S/C15H21BrClNO/c1-10-7-11(9-12(17)8-10)14(19)18-13(5-6-16)15(2,3)4/h7-9,13H,5-6H2,1-4H3,(H,18,19). The number of benzene rings is 1. The van der Waals surface area contributed by atoms with Crippen LogP contribution in [0.15, 0.2) is 18.2 Å². The van der Waals surface area contributed by atoms with Crippen LogP contribution < -0.4 is 5.32 Å². The number of carbonyl (C=O) groups is 1. The second-order valence-electron chi connectivity index (χ2n) is 5.89. The van der Waals surface area contributed by atoms with Crippen molar-refractivity contribution in [2.45, 2.75) is 40.2 Å². The van der Waals surface area contributed by atoms with Crippen molar-refractivity contribution in [2.24, 2.45) is 5.41 Å². The van der Waals surface area contributed by atoms with Crippen LogP contribution in [0, 0.1) is 12.3 Å². The van der Waals surface area contributed by atoms with Crippen molar-refractivity contribution in [3.63, 3.8) is 0 Å². The summed E-state index contributed by atoms with van der Waals surface area (Å²) in [6.45, 7) is 8.32.